The first-order valence-electron chi connectivity index (χ1n) is 13.9. The number of allylic oxidation sites excluding steroid dienone is 3. The Hall–Kier alpha value is -4.85. The molecule has 3 aromatic rings. The van der Waals surface area contributed by atoms with Crippen molar-refractivity contribution in [2.75, 3.05) is 20.3 Å². The van der Waals surface area contributed by atoms with Crippen LogP contribution < -0.4 is 10.1 Å². The van der Waals surface area contributed by atoms with Gasteiger partial charge in [0, 0.05) is 31.3 Å². The number of aliphatic imine (C=N–C) groups is 1. The average Bonchev–Trinajstić information content (AvgIpc) is 3.00. The number of carbonyl (C=O) groups excluding carboxylic acids is 1. The van der Waals surface area contributed by atoms with E-state index in [1.165, 1.54) is 0 Å². The molecule has 2 amide bonds. The predicted octanol–water partition coefficient (Wildman–Crippen LogP) is 6.70. The van der Waals surface area contributed by atoms with E-state index in [2.05, 4.69) is 17.0 Å². The number of benzene rings is 3. The van der Waals surface area contributed by atoms with Gasteiger partial charge >= 0.3 is 12.0 Å². The third-order valence-corrected chi connectivity index (χ3v) is 6.71. The molecule has 220 valence electrons. The van der Waals surface area contributed by atoms with Crippen molar-refractivity contribution in [1.29, 1.82) is 0 Å². The molecule has 0 fully saturated rings. The molecule has 42 heavy (non-hydrogen) atoms. The molecule has 0 bridgehead atoms. The van der Waals surface area contributed by atoms with E-state index in [1.54, 1.807) is 30.2 Å². The van der Waals surface area contributed by atoms with Gasteiger partial charge in [0.25, 0.3) is 0 Å². The van der Waals surface area contributed by atoms with Crippen LogP contribution in [0.25, 0.3) is 16.7 Å². The molecule has 0 saturated heterocycles. The molecule has 8 nitrogen and oxygen atoms in total. The van der Waals surface area contributed by atoms with Crippen molar-refractivity contribution >= 4 is 24.3 Å². The van der Waals surface area contributed by atoms with Crippen molar-refractivity contribution < 1.29 is 24.2 Å². The third kappa shape index (κ3) is 8.83. The Kier molecular flexibility index (Phi) is 11.9. The summed E-state index contributed by atoms with van der Waals surface area (Å²) < 4.78 is 11.1. The van der Waals surface area contributed by atoms with Gasteiger partial charge in [0.1, 0.15) is 5.75 Å². The van der Waals surface area contributed by atoms with Crippen molar-refractivity contribution in [3.8, 4) is 16.9 Å². The number of hydrogen-bond donors (Lipinski definition) is 2. The number of hydrogen-bond acceptors (Lipinski definition) is 5. The smallest absolute Gasteiger partial charge is 0.317 e. The van der Waals surface area contributed by atoms with E-state index >= 15 is 0 Å². The standard InChI is InChI=1S/C34H39N3O5/c1-6-37(34(40)36-22-25-11-9-8-10-12-25)23-28-21-27(24(3)13-18-32(35-4)42-7-2)15-16-29(28)30-19-26(20-33(38)39)14-17-31(30)41-5/h8-19,21H,4,6-7,20,22-23H2,1-3,5H3,(H,36,40)(H,38,39)/b24-13+,32-18+. The van der Waals surface area contributed by atoms with E-state index in [1.807, 2.05) is 81.4 Å². The lowest BCUT2D eigenvalue weighted by Crippen LogP contribution is -2.39. The highest BCUT2D eigenvalue weighted by molar-refractivity contribution is 5.80. The normalized spacial score (nSPS) is 11.5. The minimum absolute atomic E-state index is 0.110. The number of aliphatic carboxylic acids is 1. The van der Waals surface area contributed by atoms with Crippen molar-refractivity contribution in [1.82, 2.24) is 10.2 Å². The van der Waals surface area contributed by atoms with Crippen LogP contribution in [0.2, 0.25) is 0 Å². The number of carboxylic acids is 1. The van der Waals surface area contributed by atoms with Crippen LogP contribution in [-0.4, -0.2) is 49.0 Å². The van der Waals surface area contributed by atoms with Crippen LogP contribution in [0.15, 0.2) is 89.8 Å². The summed E-state index contributed by atoms with van der Waals surface area (Å²) in [7, 11) is 1.59. The van der Waals surface area contributed by atoms with Gasteiger partial charge in [0.15, 0.2) is 0 Å². The number of urea groups is 1. The van der Waals surface area contributed by atoms with Gasteiger partial charge in [-0.3, -0.25) is 4.79 Å². The molecule has 0 aliphatic heterocycles. The Morgan fingerprint density at radius 2 is 1.76 bits per heavy atom. The van der Waals surface area contributed by atoms with Gasteiger partial charge in [-0.15, -0.1) is 0 Å². The van der Waals surface area contributed by atoms with Crippen LogP contribution in [0, 0.1) is 0 Å². The SMILES string of the molecule is C=N/C(=C\C=C(/C)c1ccc(-c2cc(CC(=O)O)ccc2OC)c(CN(CC)C(=O)NCc2ccccc2)c1)OCC. The van der Waals surface area contributed by atoms with E-state index < -0.39 is 5.97 Å². The fourth-order valence-corrected chi connectivity index (χ4v) is 4.49. The molecule has 0 radical (unpaired) electrons. The van der Waals surface area contributed by atoms with Gasteiger partial charge in [-0.1, -0.05) is 54.6 Å². The molecule has 3 aromatic carbocycles. The number of carbonyl (C=O) groups is 2. The Morgan fingerprint density at radius 3 is 2.40 bits per heavy atom. The quantitative estimate of drug-likeness (QED) is 0.128. The average molecular weight is 570 g/mol. The molecular formula is C34H39N3O5. The van der Waals surface area contributed by atoms with Crippen molar-refractivity contribution in [3.05, 3.63) is 107 Å². The fraction of sp³-hybridized carbons (Fsp3) is 0.265. The van der Waals surface area contributed by atoms with Crippen LogP contribution in [0.1, 0.15) is 43.0 Å². The zero-order valence-corrected chi connectivity index (χ0v) is 24.7. The zero-order valence-electron chi connectivity index (χ0n) is 24.7. The molecule has 0 aliphatic rings. The lowest BCUT2D eigenvalue weighted by Gasteiger charge is -2.24. The minimum Gasteiger partial charge on any atom is -0.496 e. The second-order valence-corrected chi connectivity index (χ2v) is 9.58. The van der Waals surface area contributed by atoms with Crippen LogP contribution in [0.4, 0.5) is 4.79 Å². The van der Waals surface area contributed by atoms with Crippen LogP contribution in [0.5, 0.6) is 5.75 Å². The topological polar surface area (TPSA) is 100 Å². The summed E-state index contributed by atoms with van der Waals surface area (Å²) >= 11 is 0. The Labute approximate surface area is 248 Å². The lowest BCUT2D eigenvalue weighted by molar-refractivity contribution is -0.136. The van der Waals surface area contributed by atoms with Gasteiger partial charge in [0.05, 0.1) is 20.1 Å². The molecule has 8 heteroatoms. The van der Waals surface area contributed by atoms with E-state index in [0.717, 1.165) is 33.4 Å². The molecule has 3 rings (SSSR count). The highest BCUT2D eigenvalue weighted by Crippen LogP contribution is 2.35. The van der Waals surface area contributed by atoms with E-state index in [-0.39, 0.29) is 12.5 Å². The summed E-state index contributed by atoms with van der Waals surface area (Å²) in [5, 5.41) is 12.4. The molecule has 2 N–H and O–H groups in total. The summed E-state index contributed by atoms with van der Waals surface area (Å²) in [6.45, 7) is 11.1. The maximum Gasteiger partial charge on any atom is 0.317 e. The number of ether oxygens (including phenoxy) is 2. The molecule has 0 aliphatic carbocycles. The summed E-state index contributed by atoms with van der Waals surface area (Å²) in [4.78, 5) is 30.4. The lowest BCUT2D eigenvalue weighted by atomic mass is 9.92. The van der Waals surface area contributed by atoms with Gasteiger partial charge in [0.2, 0.25) is 5.88 Å². The first-order chi connectivity index (χ1) is 20.3. The number of amides is 2. The van der Waals surface area contributed by atoms with Gasteiger partial charge in [-0.05, 0) is 79.1 Å². The van der Waals surface area contributed by atoms with Gasteiger partial charge < -0.3 is 24.8 Å². The highest BCUT2D eigenvalue weighted by atomic mass is 16.5. The summed E-state index contributed by atoms with van der Waals surface area (Å²) in [6, 6.07) is 21.0. The van der Waals surface area contributed by atoms with E-state index in [0.29, 0.717) is 43.4 Å². The summed E-state index contributed by atoms with van der Waals surface area (Å²) in [5.74, 6) is 0.132. The number of rotatable bonds is 14. The number of nitrogens with zero attached hydrogens (tertiary/aromatic N) is 2. The van der Waals surface area contributed by atoms with E-state index in [9.17, 15) is 14.7 Å². The summed E-state index contributed by atoms with van der Waals surface area (Å²) in [6.07, 6.45) is 3.57. The maximum atomic E-state index is 13.3. The fourth-order valence-electron chi connectivity index (χ4n) is 4.49. The molecule has 0 spiro atoms. The zero-order chi connectivity index (χ0) is 30.5. The van der Waals surface area contributed by atoms with E-state index in [4.69, 9.17) is 9.47 Å². The molecule has 0 heterocycles. The summed E-state index contributed by atoms with van der Waals surface area (Å²) in [5.41, 5.74) is 6.08. The third-order valence-electron chi connectivity index (χ3n) is 6.71. The largest absolute Gasteiger partial charge is 0.496 e. The second-order valence-electron chi connectivity index (χ2n) is 9.58. The first kappa shape index (κ1) is 31.7. The number of carboxylic acid groups (broad SMARTS) is 1. The molecule has 0 saturated carbocycles. The van der Waals surface area contributed by atoms with Crippen molar-refractivity contribution in [2.24, 2.45) is 4.99 Å². The van der Waals surface area contributed by atoms with Crippen LogP contribution in [-0.2, 0) is 29.0 Å². The van der Waals surface area contributed by atoms with Gasteiger partial charge in [-0.25, -0.2) is 9.79 Å². The first-order valence-corrected chi connectivity index (χ1v) is 13.9. The monoisotopic (exact) mass is 569 g/mol. The Bertz CT molecular complexity index is 1450. The van der Waals surface area contributed by atoms with Crippen LogP contribution >= 0.6 is 0 Å². The minimum atomic E-state index is -0.914. The molecule has 0 unspecified atom stereocenters. The Morgan fingerprint density at radius 1 is 1.00 bits per heavy atom. The van der Waals surface area contributed by atoms with Crippen molar-refractivity contribution in [2.45, 2.75) is 40.3 Å². The van der Waals surface area contributed by atoms with Crippen molar-refractivity contribution in [3.63, 3.8) is 0 Å². The molecule has 0 atom stereocenters. The van der Waals surface area contributed by atoms with Crippen LogP contribution in [0.3, 0.4) is 0 Å². The predicted molar refractivity (Wildman–Crippen MR) is 167 cm³/mol. The highest BCUT2D eigenvalue weighted by Gasteiger charge is 2.18. The van der Waals surface area contributed by atoms with Gasteiger partial charge in [-0.2, -0.15) is 0 Å². The second kappa shape index (κ2) is 15.8. The molecule has 0 aromatic heterocycles. The number of methoxy groups -OCH3 is 1. The molecular weight excluding hydrogens is 530 g/mol. The maximum absolute atomic E-state index is 13.3. The Balaban J connectivity index is 2.05. The number of nitrogens with one attached hydrogen (secondary N) is 1.